The summed E-state index contributed by atoms with van der Waals surface area (Å²) < 4.78 is 0. The van der Waals surface area contributed by atoms with Crippen LogP contribution in [0.15, 0.2) is 0 Å². The molecule has 1 N–H and O–H groups in total. The normalized spacial score (nSPS) is 6.00. The fourth-order valence-corrected chi connectivity index (χ4v) is 0. The second-order valence-corrected chi connectivity index (χ2v) is 0.394. The van der Waals surface area contributed by atoms with Gasteiger partial charge in [0.25, 0.3) is 0 Å². The highest BCUT2D eigenvalue weighted by molar-refractivity contribution is 5.71. The molecule has 0 aromatic heterocycles. The van der Waals surface area contributed by atoms with E-state index in [2.05, 4.69) is 6.92 Å². The van der Waals surface area contributed by atoms with Crippen molar-refractivity contribution in [1.82, 2.24) is 0 Å². The van der Waals surface area contributed by atoms with Gasteiger partial charge in [-0.05, 0) is 0 Å². The zero-order valence-electron chi connectivity index (χ0n) is 2.06. The van der Waals surface area contributed by atoms with Crippen molar-refractivity contribution in [1.29, 1.82) is 0 Å². The van der Waals surface area contributed by atoms with Gasteiger partial charge in [-0.3, -0.25) is 0 Å². The first-order valence-corrected chi connectivity index (χ1v) is 0.781. The topological polar surface area (TPSA) is 37.3 Å². The Balaban J connectivity index is 2.80. The van der Waals surface area contributed by atoms with Crippen LogP contribution in [0, 0.1) is 6.92 Å². The third-order valence-electron chi connectivity index (χ3n) is 0. The Hall–Kier alpha value is -0.660. The molecular weight excluding hydrogens is 56.0 g/mol. The van der Waals surface area contributed by atoms with E-state index in [1.165, 1.54) is 0 Å². The summed E-state index contributed by atoms with van der Waals surface area (Å²) in [6.07, 6.45) is 0. The number of rotatable bonds is 0. The van der Waals surface area contributed by atoms with Crippen molar-refractivity contribution in [2.45, 2.75) is 0 Å². The second kappa shape index (κ2) is 0.767. The maximum absolute atomic E-state index is 8.89. The lowest BCUT2D eigenvalue weighted by Gasteiger charge is -1.47. The van der Waals surface area contributed by atoms with E-state index in [4.69, 9.17) is 9.90 Å². The van der Waals surface area contributed by atoms with E-state index in [9.17, 15) is 0 Å². The van der Waals surface area contributed by atoms with Gasteiger partial charge in [0.05, 0.1) is 0 Å². The summed E-state index contributed by atoms with van der Waals surface area (Å²) in [5, 5.41) is 7.31. The van der Waals surface area contributed by atoms with Crippen molar-refractivity contribution in [3.05, 3.63) is 6.92 Å². The van der Waals surface area contributed by atoms with Gasteiger partial charge in [-0.1, -0.05) is 0 Å². The summed E-state index contributed by atoms with van der Waals surface area (Å²) in [4.78, 5) is 8.89. The third kappa shape index (κ3) is 0.356. The molecule has 0 spiro atoms. The van der Waals surface area contributed by atoms with Crippen LogP contribution in [0.3, 0.4) is 0 Å². The molecule has 0 aliphatic heterocycles. The SMILES string of the molecule is [CH2+]C(=O)O. The van der Waals surface area contributed by atoms with Crippen molar-refractivity contribution < 1.29 is 9.90 Å². The van der Waals surface area contributed by atoms with E-state index in [-0.39, 0.29) is 0 Å². The predicted octanol–water partition coefficient (Wildman–Crippen LogP) is -0.0949. The monoisotopic (exact) mass is 59.0 g/mol. The predicted molar refractivity (Wildman–Crippen MR) is 13.0 cm³/mol. The molecule has 0 radical (unpaired) electrons. The van der Waals surface area contributed by atoms with Gasteiger partial charge in [0, 0.05) is 0 Å². The Labute approximate surface area is 24.1 Å². The first kappa shape index (κ1) is 3.34. The molecule has 0 aliphatic rings. The Kier molecular flexibility index (Phi) is 0.641. The van der Waals surface area contributed by atoms with Gasteiger partial charge in [-0.15, -0.1) is 0 Å². The zero-order chi connectivity index (χ0) is 3.58. The number of hydrogen-bond donors (Lipinski definition) is 1. The lowest BCUT2D eigenvalue weighted by Crippen LogP contribution is -1.79. The maximum atomic E-state index is 8.89. The lowest BCUT2D eigenvalue weighted by molar-refractivity contribution is -0.131. The van der Waals surface area contributed by atoms with Gasteiger partial charge in [0.15, 0.2) is 6.92 Å². The van der Waals surface area contributed by atoms with E-state index < -0.39 is 5.97 Å². The molecule has 0 aromatic rings. The van der Waals surface area contributed by atoms with Gasteiger partial charge in [0.2, 0.25) is 0 Å². The van der Waals surface area contributed by atoms with Crippen LogP contribution in [0.1, 0.15) is 0 Å². The van der Waals surface area contributed by atoms with Crippen LogP contribution in [0.25, 0.3) is 0 Å². The van der Waals surface area contributed by atoms with Gasteiger partial charge < -0.3 is 5.11 Å². The highest BCUT2D eigenvalue weighted by atomic mass is 16.4. The van der Waals surface area contributed by atoms with Gasteiger partial charge >= 0.3 is 5.97 Å². The average molecular weight is 59.0 g/mol. The summed E-state index contributed by atoms with van der Waals surface area (Å²) in [5.41, 5.74) is 0. The van der Waals surface area contributed by atoms with Crippen LogP contribution >= 0.6 is 0 Å². The van der Waals surface area contributed by atoms with Crippen molar-refractivity contribution in [2.24, 2.45) is 0 Å². The molecule has 0 saturated carbocycles. The molecule has 0 aliphatic carbocycles. The molecule has 0 rings (SSSR count). The quantitative estimate of drug-likeness (QED) is 0.396. The molecule has 4 heavy (non-hydrogen) atoms. The van der Waals surface area contributed by atoms with E-state index in [0.717, 1.165) is 0 Å². The fraction of sp³-hybridized carbons (Fsp3) is 0. The van der Waals surface area contributed by atoms with E-state index in [1.807, 2.05) is 0 Å². The molecule has 2 heteroatoms. The fourth-order valence-electron chi connectivity index (χ4n) is 0. The summed E-state index contributed by atoms with van der Waals surface area (Å²) in [7, 11) is 0. The molecule has 0 amide bonds. The molecule has 0 bridgehead atoms. The van der Waals surface area contributed by atoms with Crippen molar-refractivity contribution in [3.8, 4) is 0 Å². The molecule has 0 heterocycles. The average Bonchev–Trinajstić information content (AvgIpc) is 0.811. The number of hydrogen-bond acceptors (Lipinski definition) is 1. The van der Waals surface area contributed by atoms with E-state index in [0.29, 0.717) is 0 Å². The highest BCUT2D eigenvalue weighted by Gasteiger charge is 1.80. The third-order valence-corrected chi connectivity index (χ3v) is 0. The number of carboxylic acid groups (broad SMARTS) is 1. The lowest BCUT2D eigenvalue weighted by atomic mass is 10.9. The molecule has 0 saturated heterocycles. The Morgan fingerprint density at radius 3 is 2.00 bits per heavy atom. The molecule has 0 unspecified atom stereocenters. The molecule has 0 aromatic carbocycles. The van der Waals surface area contributed by atoms with Crippen LogP contribution in [-0.2, 0) is 4.79 Å². The Bertz CT molecular complexity index is 27.0. The molecule has 22 valence electrons. The van der Waals surface area contributed by atoms with Crippen LogP contribution in [0.4, 0.5) is 0 Å². The molecular formula is C2H3O2+. The molecule has 2 nitrogen and oxygen atoms in total. The van der Waals surface area contributed by atoms with Crippen molar-refractivity contribution in [2.75, 3.05) is 0 Å². The Morgan fingerprint density at radius 1 is 2.00 bits per heavy atom. The van der Waals surface area contributed by atoms with Crippen LogP contribution in [0.5, 0.6) is 0 Å². The largest absolute Gasteiger partial charge is 0.490 e. The first-order valence-electron chi connectivity index (χ1n) is 0.781. The smallest absolute Gasteiger partial charge is 0.445 e. The summed E-state index contributed by atoms with van der Waals surface area (Å²) >= 11 is 0. The van der Waals surface area contributed by atoms with Crippen molar-refractivity contribution >= 4 is 5.97 Å². The van der Waals surface area contributed by atoms with Crippen molar-refractivity contribution in [3.63, 3.8) is 0 Å². The van der Waals surface area contributed by atoms with E-state index in [1.54, 1.807) is 0 Å². The van der Waals surface area contributed by atoms with Crippen LogP contribution in [0.2, 0.25) is 0 Å². The van der Waals surface area contributed by atoms with Crippen LogP contribution < -0.4 is 0 Å². The summed E-state index contributed by atoms with van der Waals surface area (Å²) in [6.45, 7) is 2.56. The minimum atomic E-state index is -1.08. The highest BCUT2D eigenvalue weighted by Crippen LogP contribution is 1.40. The maximum Gasteiger partial charge on any atom is 0.490 e. The van der Waals surface area contributed by atoms with Crippen LogP contribution in [-0.4, -0.2) is 11.1 Å². The minimum absolute atomic E-state index is 1.08. The van der Waals surface area contributed by atoms with Gasteiger partial charge in [-0.2, -0.15) is 4.79 Å². The van der Waals surface area contributed by atoms with Gasteiger partial charge in [-0.25, -0.2) is 0 Å². The first-order chi connectivity index (χ1) is 1.73. The number of carboxylic acids is 1. The zero-order valence-corrected chi connectivity index (χ0v) is 2.06. The molecule has 0 fully saturated rings. The van der Waals surface area contributed by atoms with E-state index >= 15 is 0 Å². The number of carbonyl (C=O) groups is 1. The summed E-state index contributed by atoms with van der Waals surface area (Å²) in [6, 6.07) is 0. The minimum Gasteiger partial charge on any atom is -0.445 e. The number of aliphatic carboxylic acids is 1. The summed E-state index contributed by atoms with van der Waals surface area (Å²) in [5.74, 6) is -1.08. The molecule has 0 atom stereocenters. The second-order valence-electron chi connectivity index (χ2n) is 0.394. The standard InChI is InChI=1S/C2H2O2/c1-2(3)4/h1H2/p+1. The Morgan fingerprint density at radius 2 is 2.00 bits per heavy atom. The van der Waals surface area contributed by atoms with Gasteiger partial charge in [0.1, 0.15) is 0 Å².